The van der Waals surface area contributed by atoms with E-state index in [0.717, 1.165) is 22.9 Å². The average Bonchev–Trinajstić information content (AvgIpc) is 2.49. The van der Waals surface area contributed by atoms with E-state index in [0.29, 0.717) is 25.5 Å². The molecule has 0 spiro atoms. The summed E-state index contributed by atoms with van der Waals surface area (Å²) < 4.78 is 29.2. The van der Waals surface area contributed by atoms with Crippen molar-refractivity contribution in [3.8, 4) is 0 Å². The van der Waals surface area contributed by atoms with Gasteiger partial charge in [-0.3, -0.25) is 0 Å². The predicted molar refractivity (Wildman–Crippen MR) is 89.5 cm³/mol. The molecule has 0 N–H and O–H groups in total. The summed E-state index contributed by atoms with van der Waals surface area (Å²) in [7, 11) is -1.81. The lowest BCUT2D eigenvalue weighted by Crippen LogP contribution is -2.46. The van der Waals surface area contributed by atoms with Crippen molar-refractivity contribution < 1.29 is 8.42 Å². The van der Waals surface area contributed by atoms with Gasteiger partial charge in [0.1, 0.15) is 0 Å². The van der Waals surface area contributed by atoms with Crippen molar-refractivity contribution in [2.24, 2.45) is 5.92 Å². The first-order chi connectivity index (χ1) is 9.95. The van der Waals surface area contributed by atoms with Gasteiger partial charge in [0.15, 0.2) is 0 Å². The fourth-order valence-corrected chi connectivity index (χ4v) is 4.63. The Morgan fingerprint density at radius 2 is 2.14 bits per heavy atom. The Kier molecular flexibility index (Phi) is 6.08. The summed E-state index contributed by atoms with van der Waals surface area (Å²) >= 11 is 9.34. The van der Waals surface area contributed by atoms with Gasteiger partial charge in [-0.05, 0) is 30.4 Å². The maximum absolute atomic E-state index is 12.7. The minimum Gasteiger partial charge on any atom is -0.195 e. The van der Waals surface area contributed by atoms with Crippen molar-refractivity contribution in [3.05, 3.63) is 34.3 Å². The van der Waals surface area contributed by atoms with Gasteiger partial charge in [0.25, 0.3) is 10.2 Å². The van der Waals surface area contributed by atoms with Crippen LogP contribution in [0.5, 0.6) is 0 Å². The molecule has 1 heterocycles. The van der Waals surface area contributed by atoms with Crippen molar-refractivity contribution in [2.75, 3.05) is 26.0 Å². The summed E-state index contributed by atoms with van der Waals surface area (Å²) in [6, 6.07) is 7.66. The quantitative estimate of drug-likeness (QED) is 0.719. The van der Waals surface area contributed by atoms with Crippen LogP contribution in [0.3, 0.4) is 0 Å². The third-order valence-electron chi connectivity index (χ3n) is 3.77. The summed E-state index contributed by atoms with van der Waals surface area (Å²) in [5.74, 6) is 0.770. The Morgan fingerprint density at radius 3 is 2.81 bits per heavy atom. The highest BCUT2D eigenvalue weighted by Gasteiger charge is 2.31. The minimum atomic E-state index is -3.43. The Balaban J connectivity index is 2.10. The van der Waals surface area contributed by atoms with Gasteiger partial charge in [0.2, 0.25) is 0 Å². The molecule has 1 aliphatic rings. The van der Waals surface area contributed by atoms with Gasteiger partial charge in [-0.25, -0.2) is 0 Å². The molecule has 1 aliphatic heterocycles. The molecule has 1 atom stereocenters. The van der Waals surface area contributed by atoms with Crippen LogP contribution < -0.4 is 0 Å². The fraction of sp³-hybridized carbons (Fsp3) is 0.571. The first-order valence-corrected chi connectivity index (χ1v) is 9.68. The molecule has 0 aromatic heterocycles. The van der Waals surface area contributed by atoms with Crippen LogP contribution in [0.25, 0.3) is 0 Å². The summed E-state index contributed by atoms with van der Waals surface area (Å²) in [5.41, 5.74) is 0.953. The molecule has 4 nitrogen and oxygen atoms in total. The molecule has 0 radical (unpaired) electrons. The normalized spacial score (nSPS) is 20.9. The molecular formula is C14H20BrClN2O2S. The second kappa shape index (κ2) is 7.42. The zero-order chi connectivity index (χ0) is 15.5. The van der Waals surface area contributed by atoms with Crippen LogP contribution in [0.1, 0.15) is 18.4 Å². The standard InChI is InChI=1S/C14H20BrClN2O2S/c1-17(11-13-6-2-3-7-14(13)15)21(19,20)18-8-4-5-12(9-16)10-18/h2-3,6-7,12H,4-5,8-11H2,1H3. The van der Waals surface area contributed by atoms with E-state index in [1.807, 2.05) is 24.3 Å². The second-order valence-corrected chi connectivity index (χ2v) is 8.57. The van der Waals surface area contributed by atoms with Crippen LogP contribution in [0, 0.1) is 5.92 Å². The van der Waals surface area contributed by atoms with Crippen molar-refractivity contribution in [3.63, 3.8) is 0 Å². The van der Waals surface area contributed by atoms with E-state index in [1.165, 1.54) is 4.31 Å². The zero-order valence-corrected chi connectivity index (χ0v) is 15.2. The van der Waals surface area contributed by atoms with Crippen molar-refractivity contribution in [1.29, 1.82) is 0 Å². The molecule has 0 aliphatic carbocycles. The van der Waals surface area contributed by atoms with E-state index in [1.54, 1.807) is 11.4 Å². The number of rotatable bonds is 5. The first-order valence-electron chi connectivity index (χ1n) is 6.96. The van der Waals surface area contributed by atoms with Gasteiger partial charge in [0, 0.05) is 37.0 Å². The highest BCUT2D eigenvalue weighted by molar-refractivity contribution is 9.10. The number of nitrogens with zero attached hydrogens (tertiary/aromatic N) is 2. The lowest BCUT2D eigenvalue weighted by molar-refractivity contribution is 0.265. The topological polar surface area (TPSA) is 40.6 Å². The summed E-state index contributed by atoms with van der Waals surface area (Å²) in [6.07, 6.45) is 1.88. The molecule has 0 bridgehead atoms. The lowest BCUT2D eigenvalue weighted by atomic mass is 10.0. The molecule has 7 heteroatoms. The van der Waals surface area contributed by atoms with Crippen LogP contribution in [0.4, 0.5) is 0 Å². The van der Waals surface area contributed by atoms with Crippen molar-refractivity contribution >= 4 is 37.7 Å². The third kappa shape index (κ3) is 4.20. The Morgan fingerprint density at radius 1 is 1.43 bits per heavy atom. The van der Waals surface area contributed by atoms with Crippen molar-refractivity contribution in [1.82, 2.24) is 8.61 Å². The van der Waals surface area contributed by atoms with Gasteiger partial charge >= 0.3 is 0 Å². The van der Waals surface area contributed by atoms with Gasteiger partial charge in [-0.15, -0.1) is 11.6 Å². The van der Waals surface area contributed by atoms with Crippen LogP contribution >= 0.6 is 27.5 Å². The number of hydrogen-bond donors (Lipinski definition) is 0. The largest absolute Gasteiger partial charge is 0.282 e. The van der Waals surface area contributed by atoms with Crippen molar-refractivity contribution in [2.45, 2.75) is 19.4 Å². The molecule has 118 valence electrons. The van der Waals surface area contributed by atoms with Crippen LogP contribution in [-0.4, -0.2) is 43.0 Å². The molecule has 0 amide bonds. The minimum absolute atomic E-state index is 0.257. The van der Waals surface area contributed by atoms with E-state index >= 15 is 0 Å². The Hall–Kier alpha value is -0.140. The molecule has 21 heavy (non-hydrogen) atoms. The van der Waals surface area contributed by atoms with Gasteiger partial charge in [-0.1, -0.05) is 34.1 Å². The number of halogens is 2. The van der Waals surface area contributed by atoms with Crippen LogP contribution in [-0.2, 0) is 16.8 Å². The molecule has 1 aromatic carbocycles. The van der Waals surface area contributed by atoms with Gasteiger partial charge < -0.3 is 0 Å². The highest BCUT2D eigenvalue weighted by atomic mass is 79.9. The van der Waals surface area contributed by atoms with Gasteiger partial charge in [-0.2, -0.15) is 17.0 Å². The molecule has 0 saturated carbocycles. The van der Waals surface area contributed by atoms with Gasteiger partial charge in [0.05, 0.1) is 0 Å². The number of benzene rings is 1. The van der Waals surface area contributed by atoms with E-state index in [2.05, 4.69) is 15.9 Å². The molecule has 2 rings (SSSR count). The van der Waals surface area contributed by atoms with E-state index < -0.39 is 10.2 Å². The van der Waals surface area contributed by atoms with E-state index in [9.17, 15) is 8.42 Å². The summed E-state index contributed by atoms with van der Waals surface area (Å²) in [4.78, 5) is 0. The first kappa shape index (κ1) is 17.2. The van der Waals surface area contributed by atoms with Crippen LogP contribution in [0.2, 0.25) is 0 Å². The average molecular weight is 396 g/mol. The Bertz CT molecular complexity index is 582. The molecular weight excluding hydrogens is 376 g/mol. The SMILES string of the molecule is CN(Cc1ccccc1Br)S(=O)(=O)N1CCCC(CCl)C1. The fourth-order valence-electron chi connectivity index (χ4n) is 2.51. The number of piperidine rings is 1. The maximum atomic E-state index is 12.7. The lowest BCUT2D eigenvalue weighted by Gasteiger charge is -2.33. The summed E-state index contributed by atoms with van der Waals surface area (Å²) in [5, 5.41) is 0. The smallest absolute Gasteiger partial charge is 0.195 e. The maximum Gasteiger partial charge on any atom is 0.282 e. The molecule has 1 aromatic rings. The zero-order valence-electron chi connectivity index (χ0n) is 12.0. The highest BCUT2D eigenvalue weighted by Crippen LogP contribution is 2.24. The third-order valence-corrected chi connectivity index (χ3v) is 6.88. The Labute approximate surface area is 140 Å². The van der Waals surface area contributed by atoms with E-state index in [-0.39, 0.29) is 5.92 Å². The molecule has 1 saturated heterocycles. The predicted octanol–water partition coefficient (Wildman–Crippen LogP) is 3.08. The molecule has 1 unspecified atom stereocenters. The summed E-state index contributed by atoms with van der Waals surface area (Å²) in [6.45, 7) is 1.45. The number of alkyl halides is 1. The van der Waals surface area contributed by atoms with Crippen LogP contribution in [0.15, 0.2) is 28.7 Å². The monoisotopic (exact) mass is 394 g/mol. The molecule has 1 fully saturated rings. The number of hydrogen-bond acceptors (Lipinski definition) is 2. The second-order valence-electron chi connectivity index (χ2n) is 5.38. The van der Waals surface area contributed by atoms with E-state index in [4.69, 9.17) is 11.6 Å².